The molecule has 0 saturated carbocycles. The number of aromatic nitrogens is 4. The van der Waals surface area contributed by atoms with E-state index in [1.54, 1.807) is 48.7 Å². The molecular weight excluding hydrogens is 382 g/mol. The van der Waals surface area contributed by atoms with E-state index in [0.29, 0.717) is 22.8 Å². The van der Waals surface area contributed by atoms with Crippen molar-refractivity contribution in [2.24, 2.45) is 0 Å². The number of furan rings is 1. The Morgan fingerprint density at radius 1 is 1.10 bits per heavy atom. The molecule has 0 spiro atoms. The van der Waals surface area contributed by atoms with E-state index in [-0.39, 0.29) is 17.4 Å². The highest BCUT2D eigenvalue weighted by Gasteiger charge is 2.20. The summed E-state index contributed by atoms with van der Waals surface area (Å²) >= 11 is 0. The molecule has 1 aromatic carbocycles. The number of anilines is 1. The number of H-pyrrole nitrogens is 1. The molecule has 5 rings (SSSR count). The normalized spacial score (nSPS) is 13.1. The van der Waals surface area contributed by atoms with Crippen LogP contribution in [-0.4, -0.2) is 25.7 Å². The van der Waals surface area contributed by atoms with Crippen molar-refractivity contribution >= 4 is 11.7 Å². The predicted molar refractivity (Wildman–Crippen MR) is 111 cm³/mol. The molecule has 0 bridgehead atoms. The Bertz CT molecular complexity index is 1260. The maximum Gasteiger partial charge on any atom is 0.256 e. The molecule has 30 heavy (non-hydrogen) atoms. The number of amides is 1. The highest BCUT2D eigenvalue weighted by Crippen LogP contribution is 2.25. The van der Waals surface area contributed by atoms with Gasteiger partial charge in [0.25, 0.3) is 11.5 Å². The third-order valence-electron chi connectivity index (χ3n) is 5.14. The minimum absolute atomic E-state index is 0.162. The molecule has 1 aliphatic rings. The van der Waals surface area contributed by atoms with Crippen molar-refractivity contribution < 1.29 is 9.21 Å². The van der Waals surface area contributed by atoms with Crippen LogP contribution in [0.25, 0.3) is 17.4 Å². The van der Waals surface area contributed by atoms with Gasteiger partial charge in [-0.25, -0.2) is 4.98 Å². The van der Waals surface area contributed by atoms with Gasteiger partial charge in [-0.05, 0) is 49.9 Å². The number of aryl methyl sites for hydroxylation is 1. The molecule has 3 heterocycles. The summed E-state index contributed by atoms with van der Waals surface area (Å²) in [4.78, 5) is 32.8. The topological polar surface area (TPSA) is 106 Å². The van der Waals surface area contributed by atoms with Crippen molar-refractivity contribution in [3.63, 3.8) is 0 Å². The zero-order chi connectivity index (χ0) is 20.5. The first-order valence-electron chi connectivity index (χ1n) is 9.82. The van der Waals surface area contributed by atoms with Crippen molar-refractivity contribution in [1.82, 2.24) is 19.7 Å². The zero-order valence-electron chi connectivity index (χ0n) is 16.1. The van der Waals surface area contributed by atoms with Crippen molar-refractivity contribution in [3.05, 3.63) is 82.0 Å². The molecule has 0 radical (unpaired) electrons. The van der Waals surface area contributed by atoms with Crippen LogP contribution < -0.4 is 10.9 Å². The second kappa shape index (κ2) is 7.47. The highest BCUT2D eigenvalue weighted by atomic mass is 16.3. The number of nitrogens with zero attached hydrogens (tertiary/aromatic N) is 3. The first-order valence-corrected chi connectivity index (χ1v) is 9.82. The standard InChI is InChI=1S/C22H19N5O3/c28-20(14-7-2-1-3-8-14)24-19-13-17(18-11-6-12-30-18)26-27(19)22-23-16-10-5-4-9-15(16)21(29)25-22/h1-3,6-8,11-13H,4-5,9-10H2,(H,24,28)(H,23,25,29). The number of benzene rings is 1. The summed E-state index contributed by atoms with van der Waals surface area (Å²) in [6.45, 7) is 0. The summed E-state index contributed by atoms with van der Waals surface area (Å²) in [6.07, 6.45) is 5.02. The minimum atomic E-state index is -0.289. The molecule has 8 nitrogen and oxygen atoms in total. The van der Waals surface area contributed by atoms with Crippen LogP contribution in [0.4, 0.5) is 5.82 Å². The van der Waals surface area contributed by atoms with Crippen LogP contribution in [0.1, 0.15) is 34.5 Å². The van der Waals surface area contributed by atoms with E-state index in [0.717, 1.165) is 36.9 Å². The van der Waals surface area contributed by atoms with Crippen molar-refractivity contribution in [3.8, 4) is 17.4 Å². The predicted octanol–water partition coefficient (Wildman–Crippen LogP) is 3.35. The number of rotatable bonds is 4. The number of nitrogens with one attached hydrogen (secondary N) is 2. The monoisotopic (exact) mass is 401 g/mol. The number of aromatic amines is 1. The lowest BCUT2D eigenvalue weighted by Gasteiger charge is -2.15. The van der Waals surface area contributed by atoms with Gasteiger partial charge in [0.1, 0.15) is 11.5 Å². The van der Waals surface area contributed by atoms with E-state index < -0.39 is 0 Å². The van der Waals surface area contributed by atoms with Gasteiger partial charge in [-0.1, -0.05) is 18.2 Å². The summed E-state index contributed by atoms with van der Waals surface area (Å²) in [6, 6.07) is 14.1. The van der Waals surface area contributed by atoms with E-state index in [2.05, 4.69) is 20.4 Å². The maximum absolute atomic E-state index is 12.7. The average molecular weight is 401 g/mol. The smallest absolute Gasteiger partial charge is 0.256 e. The molecule has 1 aliphatic carbocycles. The van der Waals surface area contributed by atoms with E-state index in [1.165, 1.54) is 4.68 Å². The molecule has 0 fully saturated rings. The molecular formula is C22H19N5O3. The van der Waals surface area contributed by atoms with Crippen molar-refractivity contribution in [2.45, 2.75) is 25.7 Å². The van der Waals surface area contributed by atoms with Gasteiger partial charge in [0.2, 0.25) is 5.95 Å². The molecule has 1 amide bonds. The summed E-state index contributed by atoms with van der Waals surface area (Å²) in [5, 5.41) is 7.40. The highest BCUT2D eigenvalue weighted by molar-refractivity contribution is 6.04. The lowest BCUT2D eigenvalue weighted by molar-refractivity contribution is 0.102. The van der Waals surface area contributed by atoms with E-state index in [4.69, 9.17) is 4.42 Å². The Labute approximate surface area is 171 Å². The molecule has 8 heteroatoms. The van der Waals surface area contributed by atoms with E-state index in [1.807, 2.05) is 6.07 Å². The third-order valence-corrected chi connectivity index (χ3v) is 5.14. The zero-order valence-corrected chi connectivity index (χ0v) is 16.1. The molecule has 0 saturated heterocycles. The van der Waals surface area contributed by atoms with Crippen molar-refractivity contribution in [2.75, 3.05) is 5.32 Å². The molecule has 0 aliphatic heterocycles. The van der Waals surface area contributed by atoms with Crippen LogP contribution in [-0.2, 0) is 12.8 Å². The van der Waals surface area contributed by atoms with Gasteiger partial charge in [-0.2, -0.15) is 9.78 Å². The van der Waals surface area contributed by atoms with Crippen LogP contribution >= 0.6 is 0 Å². The second-order valence-corrected chi connectivity index (χ2v) is 7.15. The second-order valence-electron chi connectivity index (χ2n) is 7.15. The number of carbonyl (C=O) groups is 1. The minimum Gasteiger partial charge on any atom is -0.463 e. The summed E-state index contributed by atoms with van der Waals surface area (Å²) in [5.74, 6) is 0.906. The van der Waals surface area contributed by atoms with Crippen LogP contribution in [0, 0.1) is 0 Å². The first-order chi connectivity index (χ1) is 14.7. The fourth-order valence-corrected chi connectivity index (χ4v) is 3.64. The fraction of sp³-hybridized carbons (Fsp3) is 0.182. The molecule has 3 aromatic heterocycles. The lowest BCUT2D eigenvalue weighted by atomic mass is 9.97. The number of hydrogen-bond donors (Lipinski definition) is 2. The summed E-state index contributed by atoms with van der Waals surface area (Å²) in [7, 11) is 0. The van der Waals surface area contributed by atoms with Gasteiger partial charge in [0, 0.05) is 17.2 Å². The summed E-state index contributed by atoms with van der Waals surface area (Å²) in [5.41, 5.74) is 2.39. The van der Waals surface area contributed by atoms with Crippen LogP contribution in [0.5, 0.6) is 0 Å². The molecule has 0 atom stereocenters. The Hall–Kier alpha value is -3.94. The van der Waals surface area contributed by atoms with Gasteiger partial charge in [-0.15, -0.1) is 0 Å². The maximum atomic E-state index is 12.7. The number of fused-ring (bicyclic) bond motifs is 1. The van der Waals surface area contributed by atoms with Crippen molar-refractivity contribution in [1.29, 1.82) is 0 Å². The van der Waals surface area contributed by atoms with Gasteiger partial charge < -0.3 is 9.73 Å². The molecule has 2 N–H and O–H groups in total. The van der Waals surface area contributed by atoms with Gasteiger partial charge >= 0.3 is 0 Å². The fourth-order valence-electron chi connectivity index (χ4n) is 3.64. The van der Waals surface area contributed by atoms with Crippen LogP contribution in [0.15, 0.2) is 64.0 Å². The Kier molecular flexibility index (Phi) is 4.51. The van der Waals surface area contributed by atoms with Gasteiger partial charge in [0.15, 0.2) is 5.76 Å². The summed E-state index contributed by atoms with van der Waals surface area (Å²) < 4.78 is 6.89. The first kappa shape index (κ1) is 18.1. The Balaban J connectivity index is 1.59. The largest absolute Gasteiger partial charge is 0.463 e. The third kappa shape index (κ3) is 3.32. The lowest BCUT2D eigenvalue weighted by Crippen LogP contribution is -2.24. The Morgan fingerprint density at radius 3 is 2.73 bits per heavy atom. The van der Waals surface area contributed by atoms with Crippen LogP contribution in [0.2, 0.25) is 0 Å². The Morgan fingerprint density at radius 2 is 1.93 bits per heavy atom. The number of carbonyl (C=O) groups excluding carboxylic acids is 1. The van der Waals surface area contributed by atoms with Gasteiger partial charge in [-0.3, -0.25) is 14.6 Å². The van der Waals surface area contributed by atoms with Gasteiger partial charge in [0.05, 0.1) is 12.0 Å². The molecule has 0 unspecified atom stereocenters. The molecule has 150 valence electrons. The van der Waals surface area contributed by atoms with E-state index in [9.17, 15) is 9.59 Å². The SMILES string of the molecule is O=C(Nc1cc(-c2ccco2)nn1-c1nc2c(c(=O)[nH]1)CCCC2)c1ccccc1. The number of hydrogen-bond acceptors (Lipinski definition) is 5. The average Bonchev–Trinajstić information content (AvgIpc) is 3.44. The van der Waals surface area contributed by atoms with Crippen LogP contribution in [0.3, 0.4) is 0 Å². The molecule has 4 aromatic rings. The van der Waals surface area contributed by atoms with E-state index >= 15 is 0 Å². The quantitative estimate of drug-likeness (QED) is 0.546.